The van der Waals surface area contributed by atoms with E-state index in [0.29, 0.717) is 28.7 Å². The molecule has 138 valence electrons. The molecule has 0 unspecified atom stereocenters. The first kappa shape index (κ1) is 18.2. The van der Waals surface area contributed by atoms with E-state index in [1.165, 1.54) is 23.0 Å². The lowest BCUT2D eigenvalue weighted by molar-refractivity contribution is -0.274. The number of fused-ring (bicyclic) bond motifs is 1. The van der Waals surface area contributed by atoms with Gasteiger partial charge in [-0.1, -0.05) is 30.7 Å². The lowest BCUT2D eigenvalue weighted by atomic mass is 10.1. The van der Waals surface area contributed by atoms with Crippen LogP contribution in [0.25, 0.3) is 5.78 Å². The van der Waals surface area contributed by atoms with E-state index in [1.807, 2.05) is 13.8 Å². The fourth-order valence-corrected chi connectivity index (χ4v) is 2.78. The summed E-state index contributed by atoms with van der Waals surface area (Å²) in [7, 11) is 0. The molecule has 0 aliphatic rings. The van der Waals surface area contributed by atoms with Crippen molar-refractivity contribution < 1.29 is 17.9 Å². The third kappa shape index (κ3) is 3.82. The third-order valence-electron chi connectivity index (χ3n) is 3.74. The molecule has 0 amide bonds. The van der Waals surface area contributed by atoms with Gasteiger partial charge in [0.1, 0.15) is 17.1 Å². The maximum Gasteiger partial charge on any atom is 0.573 e. The molecule has 0 fully saturated rings. The number of aryl methyl sites for hydroxylation is 1. The monoisotopic (exact) mass is 385 g/mol. The summed E-state index contributed by atoms with van der Waals surface area (Å²) in [6.07, 6.45) is -2.73. The molecule has 0 radical (unpaired) electrons. The molecule has 0 bridgehead atoms. The van der Waals surface area contributed by atoms with Gasteiger partial charge >= 0.3 is 6.36 Å². The molecule has 3 rings (SSSR count). The fourth-order valence-electron chi connectivity index (χ4n) is 2.47. The summed E-state index contributed by atoms with van der Waals surface area (Å²) in [6.45, 7) is 3.78. The minimum atomic E-state index is -4.72. The summed E-state index contributed by atoms with van der Waals surface area (Å²) in [5.74, 6) is 0.659. The molecule has 1 atom stereocenters. The standard InChI is InChI=1S/C16H15ClF3N5O/c1-3-12-13(17)14(25-15(24-12)21-8-22-25)23-9(2)10-4-6-11(7-5-10)26-16(18,19)20/h4-9,23H,3H2,1-2H3/t9-/m0/s1. The van der Waals surface area contributed by atoms with Crippen molar-refractivity contribution in [3.05, 3.63) is 46.9 Å². The Morgan fingerprint density at radius 3 is 2.58 bits per heavy atom. The van der Waals surface area contributed by atoms with Crippen LogP contribution < -0.4 is 10.1 Å². The van der Waals surface area contributed by atoms with Crippen LogP contribution >= 0.6 is 11.6 Å². The first-order valence-corrected chi connectivity index (χ1v) is 8.16. The van der Waals surface area contributed by atoms with E-state index >= 15 is 0 Å². The highest BCUT2D eigenvalue weighted by atomic mass is 35.5. The molecule has 0 saturated carbocycles. The maximum atomic E-state index is 12.3. The van der Waals surface area contributed by atoms with Gasteiger partial charge in [-0.3, -0.25) is 0 Å². The van der Waals surface area contributed by atoms with Crippen LogP contribution in [0.4, 0.5) is 19.0 Å². The molecular weight excluding hydrogens is 371 g/mol. The van der Waals surface area contributed by atoms with Crippen molar-refractivity contribution in [2.45, 2.75) is 32.7 Å². The van der Waals surface area contributed by atoms with E-state index in [-0.39, 0.29) is 11.8 Å². The van der Waals surface area contributed by atoms with Gasteiger partial charge in [-0.2, -0.15) is 14.6 Å². The number of aromatic nitrogens is 4. The summed E-state index contributed by atoms with van der Waals surface area (Å²) in [4.78, 5) is 8.41. The number of ether oxygens (including phenoxy) is 1. The Labute approximate surface area is 152 Å². The molecule has 0 aliphatic heterocycles. The number of nitrogens with zero attached hydrogens (tertiary/aromatic N) is 4. The molecule has 0 saturated heterocycles. The first-order valence-electron chi connectivity index (χ1n) is 7.79. The van der Waals surface area contributed by atoms with Crippen molar-refractivity contribution in [1.29, 1.82) is 0 Å². The zero-order valence-corrected chi connectivity index (χ0v) is 14.6. The number of rotatable bonds is 5. The zero-order chi connectivity index (χ0) is 18.9. The number of nitrogens with one attached hydrogen (secondary N) is 1. The van der Waals surface area contributed by atoms with Crippen molar-refractivity contribution in [3.8, 4) is 5.75 Å². The number of benzene rings is 1. The Kier molecular flexibility index (Phi) is 4.90. The fraction of sp³-hybridized carbons (Fsp3) is 0.312. The maximum absolute atomic E-state index is 12.3. The number of halogens is 4. The van der Waals surface area contributed by atoms with Gasteiger partial charge < -0.3 is 10.1 Å². The van der Waals surface area contributed by atoms with Crippen LogP contribution in [-0.2, 0) is 6.42 Å². The Balaban J connectivity index is 1.86. The van der Waals surface area contributed by atoms with Crippen LogP contribution in [-0.4, -0.2) is 25.9 Å². The highest BCUT2D eigenvalue weighted by molar-refractivity contribution is 6.33. The third-order valence-corrected chi connectivity index (χ3v) is 4.14. The minimum absolute atomic E-state index is 0.257. The molecule has 1 N–H and O–H groups in total. The summed E-state index contributed by atoms with van der Waals surface area (Å²) < 4.78 is 42.1. The van der Waals surface area contributed by atoms with Crippen LogP contribution in [0.3, 0.4) is 0 Å². The van der Waals surface area contributed by atoms with Gasteiger partial charge in [-0.25, -0.2) is 4.98 Å². The van der Waals surface area contributed by atoms with Crippen LogP contribution in [0.2, 0.25) is 5.02 Å². The summed E-state index contributed by atoms with van der Waals surface area (Å²) in [6, 6.07) is 5.36. The second-order valence-corrected chi connectivity index (χ2v) is 5.91. The molecule has 3 aromatic rings. The van der Waals surface area contributed by atoms with Gasteiger partial charge in [0.15, 0.2) is 5.82 Å². The SMILES string of the molecule is CCc1nc2ncnn2c(N[C@@H](C)c2ccc(OC(F)(F)F)cc2)c1Cl. The van der Waals surface area contributed by atoms with Gasteiger partial charge in [-0.05, 0) is 31.0 Å². The van der Waals surface area contributed by atoms with Crippen LogP contribution in [0.15, 0.2) is 30.6 Å². The molecular formula is C16H15ClF3N5O. The Bertz CT molecular complexity index is 911. The van der Waals surface area contributed by atoms with Gasteiger partial charge in [0.2, 0.25) is 0 Å². The quantitative estimate of drug-likeness (QED) is 0.704. The van der Waals surface area contributed by atoms with Crippen LogP contribution in [0.5, 0.6) is 5.75 Å². The average molecular weight is 386 g/mol. The van der Waals surface area contributed by atoms with E-state index in [2.05, 4.69) is 25.1 Å². The molecule has 1 aromatic carbocycles. The second kappa shape index (κ2) is 6.99. The van der Waals surface area contributed by atoms with E-state index in [9.17, 15) is 13.2 Å². The predicted molar refractivity (Wildman–Crippen MR) is 90.3 cm³/mol. The van der Waals surface area contributed by atoms with E-state index < -0.39 is 6.36 Å². The van der Waals surface area contributed by atoms with E-state index in [0.717, 1.165) is 5.56 Å². The number of anilines is 1. The summed E-state index contributed by atoms with van der Waals surface area (Å²) >= 11 is 6.42. The van der Waals surface area contributed by atoms with Crippen molar-refractivity contribution in [2.75, 3.05) is 5.32 Å². The van der Waals surface area contributed by atoms with Gasteiger partial charge in [0, 0.05) is 6.04 Å². The van der Waals surface area contributed by atoms with E-state index in [4.69, 9.17) is 11.6 Å². The zero-order valence-electron chi connectivity index (χ0n) is 13.9. The van der Waals surface area contributed by atoms with Crippen molar-refractivity contribution in [3.63, 3.8) is 0 Å². The minimum Gasteiger partial charge on any atom is -0.406 e. The Morgan fingerprint density at radius 2 is 1.96 bits per heavy atom. The van der Waals surface area contributed by atoms with Gasteiger partial charge in [0.25, 0.3) is 5.78 Å². The van der Waals surface area contributed by atoms with Gasteiger partial charge in [0.05, 0.1) is 5.69 Å². The summed E-state index contributed by atoms with van der Waals surface area (Å²) in [5.41, 5.74) is 1.43. The molecule has 6 nitrogen and oxygen atoms in total. The van der Waals surface area contributed by atoms with Gasteiger partial charge in [-0.15, -0.1) is 13.2 Å². The summed E-state index contributed by atoms with van der Waals surface area (Å²) in [5, 5.41) is 7.76. The Hall–Kier alpha value is -2.55. The lowest BCUT2D eigenvalue weighted by Crippen LogP contribution is -2.17. The largest absolute Gasteiger partial charge is 0.573 e. The van der Waals surface area contributed by atoms with Crippen molar-refractivity contribution in [1.82, 2.24) is 19.6 Å². The molecule has 26 heavy (non-hydrogen) atoms. The highest BCUT2D eigenvalue weighted by Gasteiger charge is 2.31. The lowest BCUT2D eigenvalue weighted by Gasteiger charge is -2.18. The molecule has 2 aromatic heterocycles. The Morgan fingerprint density at radius 1 is 1.27 bits per heavy atom. The number of hydrogen-bond donors (Lipinski definition) is 1. The molecule has 2 heterocycles. The smallest absolute Gasteiger partial charge is 0.406 e. The van der Waals surface area contributed by atoms with Crippen molar-refractivity contribution >= 4 is 23.2 Å². The average Bonchev–Trinajstić information content (AvgIpc) is 3.04. The number of alkyl halides is 3. The topological polar surface area (TPSA) is 64.3 Å². The van der Waals surface area contributed by atoms with Crippen LogP contribution in [0, 0.1) is 0 Å². The van der Waals surface area contributed by atoms with E-state index in [1.54, 1.807) is 12.1 Å². The highest BCUT2D eigenvalue weighted by Crippen LogP contribution is 2.30. The normalized spacial score (nSPS) is 13.0. The molecule has 0 spiro atoms. The van der Waals surface area contributed by atoms with Crippen molar-refractivity contribution in [2.24, 2.45) is 0 Å². The predicted octanol–water partition coefficient (Wildman–Crippen LogP) is 4.41. The number of hydrogen-bond acceptors (Lipinski definition) is 5. The molecule has 10 heteroatoms. The second-order valence-electron chi connectivity index (χ2n) is 5.53. The first-order chi connectivity index (χ1) is 12.3. The van der Waals surface area contributed by atoms with Crippen LogP contribution in [0.1, 0.15) is 31.1 Å². The molecule has 0 aliphatic carbocycles.